The third-order valence-corrected chi connectivity index (χ3v) is 4.34. The lowest BCUT2D eigenvalue weighted by atomic mass is 10.2. The van der Waals surface area contributed by atoms with Crippen molar-refractivity contribution in [2.24, 2.45) is 0 Å². The van der Waals surface area contributed by atoms with Gasteiger partial charge in [-0.1, -0.05) is 0 Å². The van der Waals surface area contributed by atoms with Gasteiger partial charge in [0.05, 0.1) is 18.3 Å². The molecule has 1 rings (SSSR count). The molecule has 25 heavy (non-hydrogen) atoms. The van der Waals surface area contributed by atoms with Crippen molar-refractivity contribution in [3.8, 4) is 5.75 Å². The van der Waals surface area contributed by atoms with Crippen molar-refractivity contribution >= 4 is 27.3 Å². The first-order valence-corrected chi connectivity index (χ1v) is 9.12. The highest BCUT2D eigenvalue weighted by molar-refractivity contribution is 7.92. The van der Waals surface area contributed by atoms with Crippen molar-refractivity contribution in [3.05, 3.63) is 28.3 Å². The number of hydrogen-bond acceptors (Lipinski definition) is 7. The van der Waals surface area contributed by atoms with Gasteiger partial charge >= 0.3 is 0 Å². The lowest BCUT2D eigenvalue weighted by Gasteiger charge is -2.23. The van der Waals surface area contributed by atoms with Gasteiger partial charge in [-0.15, -0.1) is 0 Å². The third kappa shape index (κ3) is 6.19. The molecule has 11 heteroatoms. The average Bonchev–Trinajstić information content (AvgIpc) is 2.50. The monoisotopic (exact) mass is 374 g/mol. The molecule has 10 nitrogen and oxygen atoms in total. The van der Waals surface area contributed by atoms with Crippen molar-refractivity contribution < 1.29 is 22.9 Å². The molecule has 1 aromatic carbocycles. The van der Waals surface area contributed by atoms with Gasteiger partial charge in [0.15, 0.2) is 0 Å². The minimum absolute atomic E-state index is 0.0676. The van der Waals surface area contributed by atoms with Crippen molar-refractivity contribution in [3.63, 3.8) is 0 Å². The second-order valence-corrected chi connectivity index (χ2v) is 7.44. The first-order chi connectivity index (χ1) is 11.6. The van der Waals surface area contributed by atoms with Gasteiger partial charge < -0.3 is 15.0 Å². The predicted octanol–water partition coefficient (Wildman–Crippen LogP) is 0.0472. The van der Waals surface area contributed by atoms with Crippen LogP contribution in [0.25, 0.3) is 0 Å². The van der Waals surface area contributed by atoms with Crippen molar-refractivity contribution in [1.82, 2.24) is 10.2 Å². The van der Waals surface area contributed by atoms with Gasteiger partial charge in [0.2, 0.25) is 15.9 Å². The molecule has 0 aliphatic carbocycles. The van der Waals surface area contributed by atoms with Gasteiger partial charge in [-0.25, -0.2) is 8.42 Å². The quantitative estimate of drug-likeness (QED) is 0.478. The van der Waals surface area contributed by atoms with E-state index in [4.69, 9.17) is 4.74 Å². The lowest BCUT2D eigenvalue weighted by Crippen LogP contribution is -2.42. The zero-order chi connectivity index (χ0) is 19.2. The Bertz CT molecular complexity index is 735. The smallest absolute Gasteiger partial charge is 0.271 e. The summed E-state index contributed by atoms with van der Waals surface area (Å²) in [5, 5.41) is 13.6. The van der Waals surface area contributed by atoms with E-state index in [2.05, 4.69) is 5.32 Å². The molecule has 0 aliphatic rings. The van der Waals surface area contributed by atoms with E-state index < -0.39 is 27.4 Å². The van der Waals surface area contributed by atoms with Crippen molar-refractivity contribution in [2.45, 2.75) is 0 Å². The second kappa shape index (κ2) is 8.62. The van der Waals surface area contributed by atoms with Crippen LogP contribution in [0.2, 0.25) is 0 Å². The number of hydrogen-bond donors (Lipinski definition) is 1. The van der Waals surface area contributed by atoms with Crippen LogP contribution in [0.1, 0.15) is 0 Å². The van der Waals surface area contributed by atoms with E-state index in [1.807, 2.05) is 19.0 Å². The fourth-order valence-corrected chi connectivity index (χ4v) is 2.82. The highest BCUT2D eigenvalue weighted by Gasteiger charge is 2.26. The summed E-state index contributed by atoms with van der Waals surface area (Å²) in [5.74, 6) is -0.419. The zero-order valence-corrected chi connectivity index (χ0v) is 15.4. The summed E-state index contributed by atoms with van der Waals surface area (Å²) >= 11 is 0. The van der Waals surface area contributed by atoms with Crippen molar-refractivity contribution in [1.29, 1.82) is 0 Å². The molecular weight excluding hydrogens is 352 g/mol. The summed E-state index contributed by atoms with van der Waals surface area (Å²) in [6.07, 6.45) is 0.915. The maximum Gasteiger partial charge on any atom is 0.271 e. The standard InChI is InChI=1S/C14H22N4O6S/c1-16(2)8-7-15-14(19)10-17(25(4,22)23)12-9-11(18(20)21)5-6-13(12)24-3/h5-6,9H,7-8,10H2,1-4H3,(H,15,19). The van der Waals surface area contributed by atoms with Crippen LogP contribution in [0, 0.1) is 10.1 Å². The predicted molar refractivity (Wildman–Crippen MR) is 93.4 cm³/mol. The molecule has 0 aliphatic heterocycles. The summed E-state index contributed by atoms with van der Waals surface area (Å²) in [4.78, 5) is 24.2. The van der Waals surface area contributed by atoms with Gasteiger partial charge in [0.25, 0.3) is 5.69 Å². The number of nitro benzene ring substituents is 1. The highest BCUT2D eigenvalue weighted by atomic mass is 32.2. The minimum Gasteiger partial charge on any atom is -0.495 e. The molecule has 1 aromatic rings. The third-order valence-electron chi connectivity index (χ3n) is 3.21. The average molecular weight is 374 g/mol. The second-order valence-electron chi connectivity index (χ2n) is 5.54. The molecule has 0 atom stereocenters. The Morgan fingerprint density at radius 3 is 2.48 bits per heavy atom. The zero-order valence-electron chi connectivity index (χ0n) is 14.6. The molecule has 0 saturated carbocycles. The largest absolute Gasteiger partial charge is 0.495 e. The number of ether oxygens (including phenoxy) is 1. The maximum absolute atomic E-state index is 12.1. The Labute approximate surface area is 146 Å². The summed E-state index contributed by atoms with van der Waals surface area (Å²) in [6.45, 7) is 0.421. The summed E-state index contributed by atoms with van der Waals surface area (Å²) in [6, 6.07) is 3.54. The number of carbonyl (C=O) groups is 1. The van der Waals surface area contributed by atoms with Crippen LogP contribution in [-0.2, 0) is 14.8 Å². The Morgan fingerprint density at radius 1 is 1.36 bits per heavy atom. The number of nitrogens with one attached hydrogen (secondary N) is 1. The Morgan fingerprint density at radius 2 is 2.00 bits per heavy atom. The molecule has 0 aromatic heterocycles. The summed E-state index contributed by atoms with van der Waals surface area (Å²) in [5.41, 5.74) is -0.376. The fraction of sp³-hybridized carbons (Fsp3) is 0.500. The lowest BCUT2D eigenvalue weighted by molar-refractivity contribution is -0.384. The number of nitrogens with zero attached hydrogens (tertiary/aromatic N) is 3. The molecule has 0 heterocycles. The first-order valence-electron chi connectivity index (χ1n) is 7.28. The first kappa shape index (κ1) is 20.6. The number of carbonyl (C=O) groups excluding carboxylic acids is 1. The van der Waals surface area contributed by atoms with Gasteiger partial charge in [0.1, 0.15) is 18.0 Å². The van der Waals surface area contributed by atoms with E-state index in [0.717, 1.165) is 16.6 Å². The van der Waals surface area contributed by atoms with Gasteiger partial charge in [-0.3, -0.25) is 19.2 Å². The number of amides is 1. The molecule has 1 amide bonds. The van der Waals surface area contributed by atoms with E-state index in [1.165, 1.54) is 19.2 Å². The van der Waals surface area contributed by atoms with E-state index in [1.54, 1.807) is 0 Å². The molecule has 0 bridgehead atoms. The van der Waals surface area contributed by atoms with E-state index in [0.29, 0.717) is 13.1 Å². The molecule has 0 spiro atoms. The number of methoxy groups -OCH3 is 1. The Balaban J connectivity index is 3.13. The Kier molecular flexibility index (Phi) is 7.12. The number of sulfonamides is 1. The van der Waals surface area contributed by atoms with E-state index in [-0.39, 0.29) is 17.1 Å². The maximum atomic E-state index is 12.1. The molecule has 0 radical (unpaired) electrons. The van der Waals surface area contributed by atoms with Gasteiger partial charge in [-0.2, -0.15) is 0 Å². The van der Waals surface area contributed by atoms with Gasteiger partial charge in [0, 0.05) is 25.2 Å². The Hall–Kier alpha value is -2.40. The summed E-state index contributed by atoms with van der Waals surface area (Å²) in [7, 11) is 1.11. The molecule has 0 unspecified atom stereocenters. The molecule has 140 valence electrons. The number of benzene rings is 1. The van der Waals surface area contributed by atoms with Crippen LogP contribution < -0.4 is 14.4 Å². The van der Waals surface area contributed by atoms with E-state index >= 15 is 0 Å². The number of rotatable bonds is 9. The van der Waals surface area contributed by atoms with Crippen LogP contribution in [0.4, 0.5) is 11.4 Å². The normalized spacial score (nSPS) is 11.2. The van der Waals surface area contributed by atoms with Crippen LogP contribution in [0.5, 0.6) is 5.75 Å². The molecule has 1 N–H and O–H groups in total. The minimum atomic E-state index is -3.87. The number of non-ortho nitro benzene ring substituents is 1. The van der Waals surface area contributed by atoms with Crippen LogP contribution >= 0.6 is 0 Å². The molecule has 0 saturated heterocycles. The van der Waals surface area contributed by atoms with Crippen molar-refractivity contribution in [2.75, 3.05) is 51.4 Å². The fourth-order valence-electron chi connectivity index (χ4n) is 1.97. The van der Waals surface area contributed by atoms with Gasteiger partial charge in [-0.05, 0) is 20.2 Å². The molecular formula is C14H22N4O6S. The SMILES string of the molecule is COc1ccc([N+](=O)[O-])cc1N(CC(=O)NCCN(C)C)S(C)(=O)=O. The van der Waals surface area contributed by atoms with Crippen LogP contribution in [0.15, 0.2) is 18.2 Å². The topological polar surface area (TPSA) is 122 Å². The number of anilines is 1. The van der Waals surface area contributed by atoms with E-state index in [9.17, 15) is 23.3 Å². The summed E-state index contributed by atoms with van der Waals surface area (Å²) < 4.78 is 30.1. The number of likely N-dealkylation sites (N-methyl/N-ethyl adjacent to an activating group) is 1. The number of nitro groups is 1. The molecule has 0 fully saturated rings. The highest BCUT2D eigenvalue weighted by Crippen LogP contribution is 2.33. The van der Waals surface area contributed by atoms with Crippen LogP contribution in [0.3, 0.4) is 0 Å². The van der Waals surface area contributed by atoms with Crippen LogP contribution in [-0.4, -0.2) is 71.2 Å².